The molecule has 0 bridgehead atoms. The van der Waals surface area contributed by atoms with E-state index in [0.29, 0.717) is 36.0 Å². The van der Waals surface area contributed by atoms with Crippen LogP contribution in [-0.4, -0.2) is 44.0 Å². The number of hydrogen-bond donors (Lipinski definition) is 1. The summed E-state index contributed by atoms with van der Waals surface area (Å²) in [5.74, 6) is 0.577. The predicted molar refractivity (Wildman–Crippen MR) is 120 cm³/mol. The minimum Gasteiger partial charge on any atom is -0.494 e. The molecule has 2 aromatic carbocycles. The van der Waals surface area contributed by atoms with Crippen LogP contribution in [0.2, 0.25) is 0 Å². The Morgan fingerprint density at radius 1 is 1.12 bits per heavy atom. The first-order chi connectivity index (χ1) is 15.9. The number of sulfonamides is 1. The van der Waals surface area contributed by atoms with Gasteiger partial charge in [0.05, 0.1) is 14.2 Å². The van der Waals surface area contributed by atoms with Gasteiger partial charge in [-0.1, -0.05) is 24.3 Å². The summed E-state index contributed by atoms with van der Waals surface area (Å²) in [4.78, 5) is 0. The third-order valence-electron chi connectivity index (χ3n) is 5.57. The van der Waals surface area contributed by atoms with Gasteiger partial charge in [0, 0.05) is 12.2 Å². The van der Waals surface area contributed by atoms with Crippen molar-refractivity contribution in [3.8, 4) is 17.2 Å². The minimum absolute atomic E-state index is 0.0466. The average Bonchev–Trinajstić information content (AvgIpc) is 3.48. The standard InChI is InChI=1S/C22H25FN4O5S/c1-14(15-8-4-5-9-16(15)23)33(28,29)26-22-25-24-21(19-12-7-13-32-19)27(22)20-17(30-2)10-6-11-18(20)31-3/h4-6,8-11,14,19H,7,12-13H2,1-3H3,(H,25,26)/t14-,19+/m1/s1. The molecule has 1 fully saturated rings. The van der Waals surface area contributed by atoms with Crippen molar-refractivity contribution >= 4 is 16.0 Å². The van der Waals surface area contributed by atoms with Gasteiger partial charge in [-0.3, -0.25) is 9.29 Å². The molecule has 0 aliphatic carbocycles. The maximum absolute atomic E-state index is 14.3. The number of para-hydroxylation sites is 1. The van der Waals surface area contributed by atoms with Crippen molar-refractivity contribution < 1.29 is 27.0 Å². The lowest BCUT2D eigenvalue weighted by atomic mass is 10.1. The third-order valence-corrected chi connectivity index (χ3v) is 7.23. The van der Waals surface area contributed by atoms with Crippen molar-refractivity contribution in [3.63, 3.8) is 0 Å². The highest BCUT2D eigenvalue weighted by molar-refractivity contribution is 7.92. The summed E-state index contributed by atoms with van der Waals surface area (Å²) in [5.41, 5.74) is 0.472. The number of nitrogens with zero attached hydrogens (tertiary/aromatic N) is 3. The highest BCUT2D eigenvalue weighted by Gasteiger charge is 2.32. The van der Waals surface area contributed by atoms with E-state index in [4.69, 9.17) is 14.2 Å². The first-order valence-electron chi connectivity index (χ1n) is 10.4. The van der Waals surface area contributed by atoms with E-state index < -0.39 is 21.1 Å². The zero-order chi connectivity index (χ0) is 23.6. The first kappa shape index (κ1) is 23.0. The molecule has 4 rings (SSSR count). The molecule has 0 unspecified atom stereocenters. The van der Waals surface area contributed by atoms with Gasteiger partial charge in [0.1, 0.15) is 34.4 Å². The summed E-state index contributed by atoms with van der Waals surface area (Å²) < 4.78 is 61.6. The highest BCUT2D eigenvalue weighted by Crippen LogP contribution is 2.39. The van der Waals surface area contributed by atoms with Crippen LogP contribution in [0.15, 0.2) is 42.5 Å². The maximum atomic E-state index is 14.3. The number of rotatable bonds is 8. The van der Waals surface area contributed by atoms with Crippen molar-refractivity contribution in [1.29, 1.82) is 0 Å². The third kappa shape index (κ3) is 4.38. The number of aromatic nitrogens is 3. The van der Waals surface area contributed by atoms with Gasteiger partial charge >= 0.3 is 0 Å². The lowest BCUT2D eigenvalue weighted by Crippen LogP contribution is -2.23. The number of anilines is 1. The van der Waals surface area contributed by atoms with E-state index in [1.165, 1.54) is 43.9 Å². The number of methoxy groups -OCH3 is 2. The Bertz CT molecular complexity index is 1220. The molecule has 2 atom stereocenters. The molecule has 33 heavy (non-hydrogen) atoms. The van der Waals surface area contributed by atoms with Crippen LogP contribution < -0.4 is 14.2 Å². The predicted octanol–water partition coefficient (Wildman–Crippen LogP) is 3.78. The van der Waals surface area contributed by atoms with E-state index in [1.54, 1.807) is 24.3 Å². The molecule has 0 spiro atoms. The average molecular weight is 477 g/mol. The van der Waals surface area contributed by atoms with Gasteiger partial charge in [-0.25, -0.2) is 12.8 Å². The Labute approximate surface area is 191 Å². The van der Waals surface area contributed by atoms with Crippen LogP contribution in [0.3, 0.4) is 0 Å². The van der Waals surface area contributed by atoms with Gasteiger partial charge in [0.15, 0.2) is 5.82 Å². The number of ether oxygens (including phenoxy) is 3. The number of benzene rings is 2. The Balaban J connectivity index is 1.83. The van der Waals surface area contributed by atoms with Crippen LogP contribution in [0.1, 0.15) is 42.5 Å². The molecular weight excluding hydrogens is 451 g/mol. The van der Waals surface area contributed by atoms with E-state index in [2.05, 4.69) is 14.9 Å². The number of nitrogens with one attached hydrogen (secondary N) is 1. The fraction of sp³-hybridized carbons (Fsp3) is 0.364. The number of halogens is 1. The molecule has 1 saturated heterocycles. The van der Waals surface area contributed by atoms with Gasteiger partial charge in [-0.05, 0) is 38.0 Å². The largest absolute Gasteiger partial charge is 0.494 e. The first-order valence-corrected chi connectivity index (χ1v) is 12.0. The molecule has 0 amide bonds. The van der Waals surface area contributed by atoms with Gasteiger partial charge in [0.25, 0.3) is 0 Å². The Morgan fingerprint density at radius 3 is 2.42 bits per heavy atom. The zero-order valence-electron chi connectivity index (χ0n) is 18.5. The summed E-state index contributed by atoms with van der Waals surface area (Å²) in [6.07, 6.45) is 1.16. The summed E-state index contributed by atoms with van der Waals surface area (Å²) >= 11 is 0. The van der Waals surface area contributed by atoms with Crippen molar-refractivity contribution in [2.24, 2.45) is 0 Å². The summed E-state index contributed by atoms with van der Waals surface area (Å²) in [6, 6.07) is 10.9. The van der Waals surface area contributed by atoms with E-state index in [1.807, 2.05) is 0 Å². The lowest BCUT2D eigenvalue weighted by molar-refractivity contribution is 0.103. The molecule has 0 radical (unpaired) electrons. The van der Waals surface area contributed by atoms with Crippen molar-refractivity contribution in [2.75, 3.05) is 25.5 Å². The second-order valence-electron chi connectivity index (χ2n) is 7.54. The van der Waals surface area contributed by atoms with Crippen LogP contribution in [0.4, 0.5) is 10.3 Å². The molecule has 3 aromatic rings. The monoisotopic (exact) mass is 476 g/mol. The van der Waals surface area contributed by atoms with Crippen molar-refractivity contribution in [2.45, 2.75) is 31.1 Å². The molecule has 1 aliphatic rings. The Hall–Kier alpha value is -3.18. The van der Waals surface area contributed by atoms with E-state index in [9.17, 15) is 12.8 Å². The van der Waals surface area contributed by atoms with Crippen molar-refractivity contribution in [3.05, 3.63) is 59.7 Å². The van der Waals surface area contributed by atoms with Crippen molar-refractivity contribution in [1.82, 2.24) is 14.8 Å². The van der Waals surface area contributed by atoms with Crippen LogP contribution in [-0.2, 0) is 14.8 Å². The molecule has 2 heterocycles. The van der Waals surface area contributed by atoms with Crippen LogP contribution in [0.5, 0.6) is 11.5 Å². The quantitative estimate of drug-likeness (QED) is 0.528. The second kappa shape index (κ2) is 9.36. The topological polar surface area (TPSA) is 105 Å². The second-order valence-corrected chi connectivity index (χ2v) is 9.54. The number of hydrogen-bond acceptors (Lipinski definition) is 7. The Morgan fingerprint density at radius 2 is 1.82 bits per heavy atom. The molecule has 11 heteroatoms. The van der Waals surface area contributed by atoms with Gasteiger partial charge in [0.2, 0.25) is 16.0 Å². The van der Waals surface area contributed by atoms with E-state index in [0.717, 1.165) is 6.42 Å². The molecular formula is C22H25FN4O5S. The fourth-order valence-electron chi connectivity index (χ4n) is 3.81. The highest BCUT2D eigenvalue weighted by atomic mass is 32.2. The SMILES string of the molecule is COc1cccc(OC)c1-n1c(NS(=O)(=O)[C@H](C)c2ccccc2F)nnc1[C@@H]1CCCO1. The van der Waals surface area contributed by atoms with E-state index >= 15 is 0 Å². The summed E-state index contributed by atoms with van der Waals surface area (Å²) in [6.45, 7) is 1.97. The fourth-order valence-corrected chi connectivity index (χ4v) is 4.90. The van der Waals surface area contributed by atoms with E-state index in [-0.39, 0.29) is 17.6 Å². The van der Waals surface area contributed by atoms with Crippen LogP contribution in [0, 0.1) is 5.82 Å². The normalized spacial score (nSPS) is 17.0. The zero-order valence-corrected chi connectivity index (χ0v) is 19.3. The molecule has 9 nitrogen and oxygen atoms in total. The summed E-state index contributed by atoms with van der Waals surface area (Å²) in [5, 5.41) is 7.16. The van der Waals surface area contributed by atoms with Crippen LogP contribution >= 0.6 is 0 Å². The Kier molecular flexibility index (Phi) is 6.52. The summed E-state index contributed by atoms with van der Waals surface area (Å²) in [7, 11) is -1.11. The molecule has 0 saturated carbocycles. The molecule has 1 aromatic heterocycles. The van der Waals surface area contributed by atoms with Gasteiger partial charge < -0.3 is 14.2 Å². The van der Waals surface area contributed by atoms with Gasteiger partial charge in [-0.2, -0.15) is 0 Å². The smallest absolute Gasteiger partial charge is 0.243 e. The van der Waals surface area contributed by atoms with Gasteiger partial charge in [-0.15, -0.1) is 10.2 Å². The minimum atomic E-state index is -4.10. The lowest BCUT2D eigenvalue weighted by Gasteiger charge is -2.20. The maximum Gasteiger partial charge on any atom is 0.243 e. The molecule has 1 N–H and O–H groups in total. The molecule has 1 aliphatic heterocycles. The molecule has 176 valence electrons. The van der Waals surface area contributed by atoms with Crippen LogP contribution in [0.25, 0.3) is 5.69 Å².